The number of hydrogen-bond donors (Lipinski definition) is 0. The minimum atomic E-state index is 0.765. The molecular weight excluding hydrogens is 146 g/mol. The summed E-state index contributed by atoms with van der Waals surface area (Å²) in [7, 11) is 2.27. The molecule has 0 aromatic carbocycles. The highest BCUT2D eigenvalue weighted by molar-refractivity contribution is 5.03. The molecule has 1 spiro atoms. The van der Waals surface area contributed by atoms with Crippen LogP contribution in [0, 0.1) is 17.3 Å². The zero-order valence-electron chi connectivity index (χ0n) is 8.64. The van der Waals surface area contributed by atoms with E-state index < -0.39 is 0 Å². The zero-order valence-corrected chi connectivity index (χ0v) is 8.64. The maximum Gasteiger partial charge on any atom is 0.00377 e. The van der Waals surface area contributed by atoms with Gasteiger partial charge in [0.2, 0.25) is 0 Å². The third-order valence-electron chi connectivity index (χ3n) is 3.89. The molecular formula is C11H21N. The fourth-order valence-corrected chi connectivity index (χ4v) is 3.13. The Morgan fingerprint density at radius 3 is 2.50 bits per heavy atom. The van der Waals surface area contributed by atoms with Crippen LogP contribution in [0.1, 0.15) is 33.1 Å². The Hall–Kier alpha value is -0.0400. The second-order valence-electron chi connectivity index (χ2n) is 5.24. The molecule has 1 aliphatic carbocycles. The van der Waals surface area contributed by atoms with Gasteiger partial charge in [0.1, 0.15) is 0 Å². The van der Waals surface area contributed by atoms with Crippen LogP contribution >= 0.6 is 0 Å². The molecule has 0 N–H and O–H groups in total. The monoisotopic (exact) mass is 167 g/mol. The minimum Gasteiger partial charge on any atom is -0.306 e. The quantitative estimate of drug-likeness (QED) is 0.579. The molecule has 0 radical (unpaired) electrons. The van der Waals surface area contributed by atoms with Crippen LogP contribution in [0.4, 0.5) is 0 Å². The van der Waals surface area contributed by atoms with Gasteiger partial charge in [0, 0.05) is 6.54 Å². The first-order valence-electron chi connectivity index (χ1n) is 5.33. The maximum absolute atomic E-state index is 2.52. The van der Waals surface area contributed by atoms with Crippen LogP contribution in [0.25, 0.3) is 0 Å². The molecule has 12 heavy (non-hydrogen) atoms. The van der Waals surface area contributed by atoms with Crippen LogP contribution in [-0.4, -0.2) is 25.0 Å². The number of hydrogen-bond acceptors (Lipinski definition) is 1. The lowest BCUT2D eigenvalue weighted by molar-refractivity contribution is 0.0926. The van der Waals surface area contributed by atoms with Crippen molar-refractivity contribution in [3.63, 3.8) is 0 Å². The summed E-state index contributed by atoms with van der Waals surface area (Å²) in [6, 6.07) is 0. The summed E-state index contributed by atoms with van der Waals surface area (Å²) >= 11 is 0. The first-order chi connectivity index (χ1) is 5.64. The van der Waals surface area contributed by atoms with Gasteiger partial charge in [0.05, 0.1) is 0 Å². The van der Waals surface area contributed by atoms with Crippen molar-refractivity contribution >= 4 is 0 Å². The smallest absolute Gasteiger partial charge is 0.00377 e. The highest BCUT2D eigenvalue weighted by atomic mass is 15.1. The second-order valence-corrected chi connectivity index (χ2v) is 5.24. The van der Waals surface area contributed by atoms with E-state index in [4.69, 9.17) is 0 Å². The summed E-state index contributed by atoms with van der Waals surface area (Å²) in [6.07, 6.45) is 4.44. The second kappa shape index (κ2) is 2.73. The van der Waals surface area contributed by atoms with Crippen molar-refractivity contribution in [1.29, 1.82) is 0 Å². The van der Waals surface area contributed by atoms with Crippen LogP contribution in [0.5, 0.6) is 0 Å². The first kappa shape index (κ1) is 8.55. The van der Waals surface area contributed by atoms with E-state index in [9.17, 15) is 0 Å². The fourth-order valence-electron chi connectivity index (χ4n) is 3.13. The summed E-state index contributed by atoms with van der Waals surface area (Å²) in [5, 5.41) is 0. The Kier molecular flexibility index (Phi) is 1.95. The van der Waals surface area contributed by atoms with Gasteiger partial charge in [0.15, 0.2) is 0 Å². The fraction of sp³-hybridized carbons (Fsp3) is 1.00. The Morgan fingerprint density at radius 1 is 1.33 bits per heavy atom. The third-order valence-corrected chi connectivity index (χ3v) is 3.89. The molecule has 1 heterocycles. The van der Waals surface area contributed by atoms with E-state index in [0.717, 1.165) is 17.3 Å². The van der Waals surface area contributed by atoms with Crippen molar-refractivity contribution in [2.45, 2.75) is 33.1 Å². The number of nitrogens with zero attached hydrogens (tertiary/aromatic N) is 1. The molecule has 2 fully saturated rings. The number of rotatable bonds is 1. The normalized spacial score (nSPS) is 34.5. The molecule has 0 aromatic heterocycles. The zero-order chi connectivity index (χ0) is 8.77. The van der Waals surface area contributed by atoms with E-state index in [0.29, 0.717) is 0 Å². The lowest BCUT2D eigenvalue weighted by Crippen LogP contribution is -2.41. The average Bonchev–Trinajstić information content (AvgIpc) is 2.68. The number of piperidine rings is 1. The maximum atomic E-state index is 2.52. The molecule has 2 rings (SSSR count). The van der Waals surface area contributed by atoms with E-state index in [-0.39, 0.29) is 0 Å². The lowest BCUT2D eigenvalue weighted by atomic mass is 9.76. The molecule has 1 atom stereocenters. The van der Waals surface area contributed by atoms with Crippen molar-refractivity contribution < 1.29 is 0 Å². The molecule has 1 saturated heterocycles. The molecule has 0 unspecified atom stereocenters. The highest BCUT2D eigenvalue weighted by Gasteiger charge is 2.52. The predicted octanol–water partition coefficient (Wildman–Crippen LogP) is 2.37. The van der Waals surface area contributed by atoms with Gasteiger partial charge in [-0.25, -0.2) is 0 Å². The van der Waals surface area contributed by atoms with Gasteiger partial charge >= 0.3 is 0 Å². The molecule has 0 bridgehead atoms. The van der Waals surface area contributed by atoms with Gasteiger partial charge in [-0.15, -0.1) is 0 Å². The third kappa shape index (κ3) is 1.28. The summed E-state index contributed by atoms with van der Waals surface area (Å²) in [4.78, 5) is 2.52. The summed E-state index contributed by atoms with van der Waals surface area (Å²) < 4.78 is 0. The van der Waals surface area contributed by atoms with Crippen molar-refractivity contribution in [2.75, 3.05) is 20.1 Å². The average molecular weight is 167 g/mol. The van der Waals surface area contributed by atoms with Crippen LogP contribution in [-0.2, 0) is 0 Å². The molecule has 1 saturated carbocycles. The van der Waals surface area contributed by atoms with Crippen LogP contribution < -0.4 is 0 Å². The molecule has 2 aliphatic rings. The van der Waals surface area contributed by atoms with E-state index >= 15 is 0 Å². The molecule has 1 nitrogen and oxygen atoms in total. The van der Waals surface area contributed by atoms with E-state index in [2.05, 4.69) is 25.8 Å². The molecule has 0 aromatic rings. The largest absolute Gasteiger partial charge is 0.306 e. The van der Waals surface area contributed by atoms with Crippen LogP contribution in [0.3, 0.4) is 0 Å². The van der Waals surface area contributed by atoms with E-state index in [1.54, 1.807) is 0 Å². The highest BCUT2D eigenvalue weighted by Crippen LogP contribution is 2.57. The standard InChI is InChI=1S/C11H21N/c1-9(2)10-4-7-12(3)8-11(10)5-6-11/h9-10H,4-8H2,1-3H3/t10-/m0/s1. The van der Waals surface area contributed by atoms with Gasteiger partial charge in [-0.3, -0.25) is 0 Å². The van der Waals surface area contributed by atoms with Crippen LogP contribution in [0.15, 0.2) is 0 Å². The van der Waals surface area contributed by atoms with Gasteiger partial charge in [0.25, 0.3) is 0 Å². The predicted molar refractivity (Wildman–Crippen MR) is 52.1 cm³/mol. The van der Waals surface area contributed by atoms with Gasteiger partial charge in [-0.1, -0.05) is 13.8 Å². The molecule has 1 aliphatic heterocycles. The summed E-state index contributed by atoms with van der Waals surface area (Å²) in [5.41, 5.74) is 0.765. The lowest BCUT2D eigenvalue weighted by Gasteiger charge is -2.39. The first-order valence-corrected chi connectivity index (χ1v) is 5.33. The molecule has 1 heteroatoms. The van der Waals surface area contributed by atoms with Gasteiger partial charge < -0.3 is 4.90 Å². The molecule has 0 amide bonds. The summed E-state index contributed by atoms with van der Waals surface area (Å²) in [6.45, 7) is 7.49. The van der Waals surface area contributed by atoms with Crippen molar-refractivity contribution in [1.82, 2.24) is 4.90 Å². The van der Waals surface area contributed by atoms with Gasteiger partial charge in [-0.2, -0.15) is 0 Å². The minimum absolute atomic E-state index is 0.765. The Morgan fingerprint density at radius 2 is 2.00 bits per heavy atom. The SMILES string of the molecule is CC(C)[C@@H]1CCN(C)CC12CC2. The van der Waals surface area contributed by atoms with Crippen molar-refractivity contribution in [3.8, 4) is 0 Å². The van der Waals surface area contributed by atoms with Gasteiger partial charge in [-0.05, 0) is 50.1 Å². The Labute approximate surface area is 76.1 Å². The van der Waals surface area contributed by atoms with E-state index in [1.807, 2.05) is 0 Å². The summed E-state index contributed by atoms with van der Waals surface area (Å²) in [5.74, 6) is 1.93. The van der Waals surface area contributed by atoms with E-state index in [1.165, 1.54) is 32.4 Å². The van der Waals surface area contributed by atoms with Crippen LogP contribution in [0.2, 0.25) is 0 Å². The van der Waals surface area contributed by atoms with Crippen molar-refractivity contribution in [2.24, 2.45) is 17.3 Å². The molecule has 70 valence electrons. The van der Waals surface area contributed by atoms with Crippen molar-refractivity contribution in [3.05, 3.63) is 0 Å². The Bertz CT molecular complexity index is 170. The Balaban J connectivity index is 2.05. The topological polar surface area (TPSA) is 3.24 Å². The number of likely N-dealkylation sites (tertiary alicyclic amines) is 1.